The smallest absolute Gasteiger partial charge is 0.338 e. The van der Waals surface area contributed by atoms with Crippen molar-refractivity contribution >= 4 is 28.9 Å². The number of urea groups is 1. The van der Waals surface area contributed by atoms with Crippen LogP contribution in [0.3, 0.4) is 0 Å². The van der Waals surface area contributed by atoms with E-state index in [0.717, 1.165) is 16.5 Å². The Morgan fingerprint density at radius 1 is 1.00 bits per heavy atom. The van der Waals surface area contributed by atoms with Crippen molar-refractivity contribution in [1.82, 2.24) is 15.6 Å². The third-order valence-corrected chi connectivity index (χ3v) is 5.21. The minimum absolute atomic E-state index is 0.00465. The monoisotopic (exact) mass is 445 g/mol. The predicted octanol–water partition coefficient (Wildman–Crippen LogP) is 3.19. The number of benzene rings is 2. The molecular formula is C25H23N3O5. The minimum atomic E-state index is -0.727. The first kappa shape index (κ1) is 22.0. The van der Waals surface area contributed by atoms with E-state index in [9.17, 15) is 14.4 Å². The van der Waals surface area contributed by atoms with Crippen LogP contribution >= 0.6 is 0 Å². The number of ether oxygens (including phenoxy) is 2. The molecule has 0 bridgehead atoms. The van der Waals surface area contributed by atoms with Crippen LogP contribution in [0.4, 0.5) is 4.79 Å². The van der Waals surface area contributed by atoms with E-state index >= 15 is 0 Å². The molecule has 4 rings (SSSR count). The third-order valence-electron chi connectivity index (χ3n) is 5.21. The molecule has 8 heteroatoms. The van der Waals surface area contributed by atoms with Crippen molar-refractivity contribution in [3.63, 3.8) is 0 Å². The summed E-state index contributed by atoms with van der Waals surface area (Å²) < 4.78 is 10.7. The largest absolute Gasteiger partial charge is 0.463 e. The highest BCUT2D eigenvalue weighted by molar-refractivity contribution is 5.95. The van der Waals surface area contributed by atoms with Gasteiger partial charge in [0.2, 0.25) is 0 Å². The lowest BCUT2D eigenvalue weighted by atomic mass is 9.95. The topological polar surface area (TPSA) is 107 Å². The zero-order chi connectivity index (χ0) is 23.2. The van der Waals surface area contributed by atoms with Gasteiger partial charge in [-0.15, -0.1) is 0 Å². The first-order valence-corrected chi connectivity index (χ1v) is 10.6. The summed E-state index contributed by atoms with van der Waals surface area (Å²) in [7, 11) is 0. The highest BCUT2D eigenvalue weighted by Gasteiger charge is 2.34. The van der Waals surface area contributed by atoms with Gasteiger partial charge in [0, 0.05) is 11.6 Å². The summed E-state index contributed by atoms with van der Waals surface area (Å²) >= 11 is 0. The fraction of sp³-hybridized carbons (Fsp3) is 0.200. The van der Waals surface area contributed by atoms with Crippen LogP contribution < -0.4 is 10.6 Å². The molecule has 0 radical (unpaired) electrons. The highest BCUT2D eigenvalue weighted by atomic mass is 16.5. The Kier molecular flexibility index (Phi) is 6.64. The quantitative estimate of drug-likeness (QED) is 0.541. The van der Waals surface area contributed by atoms with Gasteiger partial charge in [-0.1, -0.05) is 54.6 Å². The van der Waals surface area contributed by atoms with E-state index < -0.39 is 24.0 Å². The van der Waals surface area contributed by atoms with Gasteiger partial charge in [-0.05, 0) is 24.1 Å². The Bertz CT molecular complexity index is 1220. The standard InChI is InChI=1S/C25H23N3O5/c1-2-32-24(30)21-19(27-25(31)28-23(21)17-8-4-3-5-9-17)15-33-20(29)14-18-11-6-10-16-12-7-13-26-22(16)18/h3-13,23H,2,14-15H2,1H3,(H2,27,28,31). The SMILES string of the molecule is CCOC(=O)C1=C(COC(=O)Cc2cccc3cccnc23)NC(=O)NC1c1ccccc1. The lowest BCUT2D eigenvalue weighted by molar-refractivity contribution is -0.143. The minimum Gasteiger partial charge on any atom is -0.463 e. The van der Waals surface area contributed by atoms with Gasteiger partial charge < -0.3 is 20.1 Å². The van der Waals surface area contributed by atoms with Gasteiger partial charge in [-0.2, -0.15) is 0 Å². The molecule has 0 saturated heterocycles. The van der Waals surface area contributed by atoms with Crippen LogP contribution in [0.2, 0.25) is 0 Å². The van der Waals surface area contributed by atoms with E-state index in [2.05, 4.69) is 15.6 Å². The molecule has 33 heavy (non-hydrogen) atoms. The van der Waals surface area contributed by atoms with E-state index in [-0.39, 0.29) is 30.9 Å². The first-order chi connectivity index (χ1) is 16.1. The van der Waals surface area contributed by atoms with Crippen LogP contribution in [0, 0.1) is 0 Å². The van der Waals surface area contributed by atoms with Crippen molar-refractivity contribution in [2.75, 3.05) is 13.2 Å². The third kappa shape index (κ3) is 5.01. The Morgan fingerprint density at radius 3 is 2.58 bits per heavy atom. The summed E-state index contributed by atoms with van der Waals surface area (Å²) in [5.41, 5.74) is 2.55. The molecule has 1 atom stereocenters. The van der Waals surface area contributed by atoms with Crippen molar-refractivity contribution in [2.45, 2.75) is 19.4 Å². The lowest BCUT2D eigenvalue weighted by Gasteiger charge is -2.29. The second-order valence-corrected chi connectivity index (χ2v) is 7.38. The number of pyridine rings is 1. The molecule has 3 aromatic rings. The lowest BCUT2D eigenvalue weighted by Crippen LogP contribution is -2.47. The number of nitrogens with one attached hydrogen (secondary N) is 2. The van der Waals surface area contributed by atoms with Gasteiger partial charge >= 0.3 is 18.0 Å². The summed E-state index contributed by atoms with van der Waals surface area (Å²) in [6.45, 7) is 1.59. The molecule has 1 aromatic heterocycles. The van der Waals surface area contributed by atoms with E-state index in [1.54, 1.807) is 25.3 Å². The van der Waals surface area contributed by atoms with Crippen LogP contribution in [-0.4, -0.2) is 36.2 Å². The number of carbonyl (C=O) groups is 3. The molecule has 1 unspecified atom stereocenters. The normalized spacial score (nSPS) is 15.5. The average Bonchev–Trinajstić information content (AvgIpc) is 2.83. The predicted molar refractivity (Wildman–Crippen MR) is 121 cm³/mol. The van der Waals surface area contributed by atoms with Crippen LogP contribution in [0.1, 0.15) is 24.1 Å². The maximum atomic E-state index is 12.8. The molecule has 1 aliphatic heterocycles. The van der Waals surface area contributed by atoms with Crippen molar-refractivity contribution in [3.8, 4) is 0 Å². The van der Waals surface area contributed by atoms with Gasteiger partial charge in [0.25, 0.3) is 0 Å². The molecule has 2 heterocycles. The number of para-hydroxylation sites is 1. The number of carbonyl (C=O) groups excluding carboxylic acids is 3. The molecular weight excluding hydrogens is 422 g/mol. The number of aromatic nitrogens is 1. The van der Waals surface area contributed by atoms with E-state index in [1.165, 1.54) is 0 Å². The summed E-state index contributed by atoms with van der Waals surface area (Å²) in [6.07, 6.45) is 1.67. The van der Waals surface area contributed by atoms with Crippen molar-refractivity contribution in [1.29, 1.82) is 0 Å². The molecule has 168 valence electrons. The number of fused-ring (bicyclic) bond motifs is 1. The van der Waals surface area contributed by atoms with Crippen LogP contribution in [0.25, 0.3) is 10.9 Å². The molecule has 8 nitrogen and oxygen atoms in total. The fourth-order valence-corrected chi connectivity index (χ4v) is 3.75. The molecule has 0 saturated carbocycles. The van der Waals surface area contributed by atoms with Crippen LogP contribution in [0.5, 0.6) is 0 Å². The number of rotatable bonds is 7. The van der Waals surface area contributed by atoms with Crippen LogP contribution in [-0.2, 0) is 25.5 Å². The number of hydrogen-bond acceptors (Lipinski definition) is 6. The van der Waals surface area contributed by atoms with Crippen molar-refractivity contribution < 1.29 is 23.9 Å². The van der Waals surface area contributed by atoms with Gasteiger partial charge in [-0.25, -0.2) is 9.59 Å². The van der Waals surface area contributed by atoms with Gasteiger partial charge in [0.15, 0.2) is 0 Å². The summed E-state index contributed by atoms with van der Waals surface area (Å²) in [6, 6.07) is 17.2. The van der Waals surface area contributed by atoms with E-state index in [1.807, 2.05) is 48.5 Å². The van der Waals surface area contributed by atoms with E-state index in [0.29, 0.717) is 5.56 Å². The van der Waals surface area contributed by atoms with Crippen molar-refractivity contribution in [2.24, 2.45) is 0 Å². The molecule has 0 aliphatic carbocycles. The summed E-state index contributed by atoms with van der Waals surface area (Å²) in [5, 5.41) is 6.26. The zero-order valence-electron chi connectivity index (χ0n) is 18.0. The Morgan fingerprint density at radius 2 is 1.79 bits per heavy atom. The Labute approximate surface area is 190 Å². The van der Waals surface area contributed by atoms with E-state index in [4.69, 9.17) is 9.47 Å². The second kappa shape index (κ2) is 9.95. The number of esters is 2. The molecule has 0 spiro atoms. The highest BCUT2D eigenvalue weighted by Crippen LogP contribution is 2.28. The van der Waals surface area contributed by atoms with Gasteiger partial charge in [0.1, 0.15) is 6.61 Å². The Balaban J connectivity index is 1.57. The molecule has 1 aliphatic rings. The summed E-state index contributed by atoms with van der Waals surface area (Å²) in [5.74, 6) is -1.10. The number of amides is 2. The molecule has 2 N–H and O–H groups in total. The van der Waals surface area contributed by atoms with Gasteiger partial charge in [0.05, 0.1) is 35.9 Å². The van der Waals surface area contributed by atoms with Crippen molar-refractivity contribution in [3.05, 3.63) is 89.3 Å². The molecule has 2 aromatic carbocycles. The maximum Gasteiger partial charge on any atom is 0.338 e. The number of nitrogens with zero attached hydrogens (tertiary/aromatic N) is 1. The first-order valence-electron chi connectivity index (χ1n) is 10.6. The van der Waals surface area contributed by atoms with Gasteiger partial charge in [-0.3, -0.25) is 9.78 Å². The summed E-state index contributed by atoms with van der Waals surface area (Å²) in [4.78, 5) is 42.0. The molecule has 0 fully saturated rings. The maximum absolute atomic E-state index is 12.8. The zero-order valence-corrected chi connectivity index (χ0v) is 18.0. The average molecular weight is 445 g/mol. The number of hydrogen-bond donors (Lipinski definition) is 2. The van der Waals surface area contributed by atoms with Crippen LogP contribution in [0.15, 0.2) is 78.1 Å². The molecule has 2 amide bonds. The fourth-order valence-electron chi connectivity index (χ4n) is 3.75. The Hall–Kier alpha value is -4.20. The second-order valence-electron chi connectivity index (χ2n) is 7.38.